The monoisotopic (exact) mass is 288 g/mol. The zero-order valence-corrected chi connectivity index (χ0v) is 12.2. The zero-order valence-electron chi connectivity index (χ0n) is 12.2. The summed E-state index contributed by atoms with van der Waals surface area (Å²) >= 11 is 0. The number of rotatable bonds is 5. The van der Waals surface area contributed by atoms with Gasteiger partial charge in [0.1, 0.15) is 11.4 Å². The minimum Gasteiger partial charge on any atom is -0.496 e. The number of benzene rings is 1. The van der Waals surface area contributed by atoms with E-state index in [1.54, 1.807) is 7.11 Å². The van der Waals surface area contributed by atoms with Gasteiger partial charge >= 0.3 is 0 Å². The van der Waals surface area contributed by atoms with Crippen LogP contribution in [0.3, 0.4) is 0 Å². The van der Waals surface area contributed by atoms with Crippen molar-refractivity contribution >= 4 is 0 Å². The molecule has 1 unspecified atom stereocenters. The maximum atomic E-state index is 5.45. The summed E-state index contributed by atoms with van der Waals surface area (Å²) in [5.74, 6) is 1.62. The lowest BCUT2D eigenvalue weighted by atomic mass is 10.1. The molecule has 1 aromatic heterocycles. The normalized spacial score (nSPS) is 18.6. The van der Waals surface area contributed by atoms with E-state index >= 15 is 0 Å². The van der Waals surface area contributed by atoms with Crippen molar-refractivity contribution in [3.05, 3.63) is 36.1 Å². The minimum atomic E-state index is 0.401. The minimum absolute atomic E-state index is 0.401. The standard InChI is InChI=1S/C16H20N2O3/c1-19-16-7-3-2-6-14(16)15-9-13(21-18-15)10-17-12-5-4-8-20-11-12/h2-3,6-7,9,12,17H,4-5,8,10-11H2,1H3. The summed E-state index contributed by atoms with van der Waals surface area (Å²) in [6, 6.07) is 10.1. The SMILES string of the molecule is COc1ccccc1-c1cc(CNC2CCCOC2)on1. The van der Waals surface area contributed by atoms with E-state index in [0.717, 1.165) is 48.8 Å². The Morgan fingerprint density at radius 3 is 3.10 bits per heavy atom. The van der Waals surface area contributed by atoms with Crippen molar-refractivity contribution in [1.29, 1.82) is 0 Å². The van der Waals surface area contributed by atoms with E-state index in [9.17, 15) is 0 Å². The van der Waals surface area contributed by atoms with Gasteiger partial charge in [0.15, 0.2) is 5.76 Å². The first-order valence-corrected chi connectivity index (χ1v) is 7.27. The topological polar surface area (TPSA) is 56.5 Å². The molecule has 3 rings (SSSR count). The molecule has 0 saturated carbocycles. The van der Waals surface area contributed by atoms with Crippen LogP contribution in [0.15, 0.2) is 34.9 Å². The molecule has 1 N–H and O–H groups in total. The molecule has 1 saturated heterocycles. The van der Waals surface area contributed by atoms with Gasteiger partial charge < -0.3 is 19.3 Å². The molecule has 1 atom stereocenters. The zero-order chi connectivity index (χ0) is 14.5. The van der Waals surface area contributed by atoms with Crippen molar-refractivity contribution in [1.82, 2.24) is 10.5 Å². The van der Waals surface area contributed by atoms with Gasteiger partial charge in [0.25, 0.3) is 0 Å². The third-order valence-corrected chi connectivity index (χ3v) is 3.67. The number of hydrogen-bond donors (Lipinski definition) is 1. The largest absolute Gasteiger partial charge is 0.496 e. The number of ether oxygens (including phenoxy) is 2. The van der Waals surface area contributed by atoms with Crippen molar-refractivity contribution in [3.8, 4) is 17.0 Å². The highest BCUT2D eigenvalue weighted by atomic mass is 16.5. The molecule has 0 aliphatic carbocycles. The van der Waals surface area contributed by atoms with Crippen LogP contribution in [0.1, 0.15) is 18.6 Å². The van der Waals surface area contributed by atoms with Gasteiger partial charge in [-0.15, -0.1) is 0 Å². The Hall–Kier alpha value is -1.85. The third kappa shape index (κ3) is 3.43. The number of methoxy groups -OCH3 is 1. The lowest BCUT2D eigenvalue weighted by Crippen LogP contribution is -2.36. The molecule has 2 aromatic rings. The number of nitrogens with one attached hydrogen (secondary N) is 1. The average Bonchev–Trinajstić information content (AvgIpc) is 3.02. The molecule has 0 bridgehead atoms. The molecule has 0 amide bonds. The first kappa shape index (κ1) is 14.1. The van der Waals surface area contributed by atoms with Crippen molar-refractivity contribution in [3.63, 3.8) is 0 Å². The van der Waals surface area contributed by atoms with E-state index in [4.69, 9.17) is 14.0 Å². The molecule has 2 heterocycles. The molecule has 21 heavy (non-hydrogen) atoms. The van der Waals surface area contributed by atoms with Crippen LogP contribution in [-0.2, 0) is 11.3 Å². The summed E-state index contributed by atoms with van der Waals surface area (Å²) in [6.07, 6.45) is 2.26. The van der Waals surface area contributed by atoms with Gasteiger partial charge in [-0.3, -0.25) is 0 Å². The highest BCUT2D eigenvalue weighted by Crippen LogP contribution is 2.28. The lowest BCUT2D eigenvalue weighted by molar-refractivity contribution is 0.0691. The lowest BCUT2D eigenvalue weighted by Gasteiger charge is -2.22. The molecule has 1 fully saturated rings. The summed E-state index contributed by atoms with van der Waals surface area (Å²) in [7, 11) is 1.66. The smallest absolute Gasteiger partial charge is 0.151 e. The predicted molar refractivity (Wildman–Crippen MR) is 79.2 cm³/mol. The van der Waals surface area contributed by atoms with Gasteiger partial charge in [0.05, 0.1) is 20.3 Å². The summed E-state index contributed by atoms with van der Waals surface area (Å²) in [5.41, 5.74) is 1.74. The van der Waals surface area contributed by atoms with Crippen LogP contribution in [-0.4, -0.2) is 31.5 Å². The van der Waals surface area contributed by atoms with Gasteiger partial charge in [-0.1, -0.05) is 17.3 Å². The summed E-state index contributed by atoms with van der Waals surface area (Å²) in [5, 5.41) is 7.57. The Morgan fingerprint density at radius 1 is 1.38 bits per heavy atom. The van der Waals surface area contributed by atoms with E-state index in [1.165, 1.54) is 0 Å². The second-order valence-corrected chi connectivity index (χ2v) is 5.17. The Morgan fingerprint density at radius 2 is 2.29 bits per heavy atom. The van der Waals surface area contributed by atoms with E-state index in [0.29, 0.717) is 12.6 Å². The van der Waals surface area contributed by atoms with Crippen LogP contribution in [0, 0.1) is 0 Å². The molecule has 1 aliphatic heterocycles. The van der Waals surface area contributed by atoms with Gasteiger partial charge in [0, 0.05) is 24.3 Å². The number of nitrogens with zero attached hydrogens (tertiary/aromatic N) is 1. The van der Waals surface area contributed by atoms with Gasteiger partial charge in [-0.2, -0.15) is 0 Å². The van der Waals surface area contributed by atoms with Crippen LogP contribution >= 0.6 is 0 Å². The first-order valence-electron chi connectivity index (χ1n) is 7.27. The van der Waals surface area contributed by atoms with Crippen molar-refractivity contribution in [2.75, 3.05) is 20.3 Å². The second-order valence-electron chi connectivity index (χ2n) is 5.17. The van der Waals surface area contributed by atoms with Crippen LogP contribution in [0.2, 0.25) is 0 Å². The number of aromatic nitrogens is 1. The van der Waals surface area contributed by atoms with Crippen LogP contribution in [0.25, 0.3) is 11.3 Å². The predicted octanol–water partition coefficient (Wildman–Crippen LogP) is 2.62. The summed E-state index contributed by atoms with van der Waals surface area (Å²) in [4.78, 5) is 0. The maximum Gasteiger partial charge on any atom is 0.151 e. The van der Waals surface area contributed by atoms with Crippen LogP contribution in [0.4, 0.5) is 0 Å². The Balaban J connectivity index is 1.65. The number of hydrogen-bond acceptors (Lipinski definition) is 5. The Bertz CT molecular complexity index is 576. The summed E-state index contributed by atoms with van der Waals surface area (Å²) < 4.78 is 16.2. The molecule has 5 heteroatoms. The first-order chi connectivity index (χ1) is 10.4. The van der Waals surface area contributed by atoms with Crippen molar-refractivity contribution in [2.24, 2.45) is 0 Å². The molecular formula is C16H20N2O3. The fourth-order valence-corrected chi connectivity index (χ4v) is 2.53. The maximum absolute atomic E-state index is 5.45. The van der Waals surface area contributed by atoms with E-state index < -0.39 is 0 Å². The van der Waals surface area contributed by atoms with Crippen LogP contribution < -0.4 is 10.1 Å². The van der Waals surface area contributed by atoms with Gasteiger partial charge in [0.2, 0.25) is 0 Å². The average molecular weight is 288 g/mol. The highest BCUT2D eigenvalue weighted by Gasteiger charge is 2.15. The molecular weight excluding hydrogens is 268 g/mol. The van der Waals surface area contributed by atoms with Crippen molar-refractivity contribution < 1.29 is 14.0 Å². The molecule has 112 valence electrons. The van der Waals surface area contributed by atoms with Crippen molar-refractivity contribution in [2.45, 2.75) is 25.4 Å². The highest BCUT2D eigenvalue weighted by molar-refractivity contribution is 5.66. The van der Waals surface area contributed by atoms with E-state index in [-0.39, 0.29) is 0 Å². The van der Waals surface area contributed by atoms with E-state index in [1.807, 2.05) is 30.3 Å². The molecule has 0 spiro atoms. The quantitative estimate of drug-likeness (QED) is 0.916. The number of para-hydroxylation sites is 1. The third-order valence-electron chi connectivity index (χ3n) is 3.67. The molecule has 1 aliphatic rings. The fraction of sp³-hybridized carbons (Fsp3) is 0.438. The molecule has 0 radical (unpaired) electrons. The van der Waals surface area contributed by atoms with Crippen LogP contribution in [0.5, 0.6) is 5.75 Å². The second kappa shape index (κ2) is 6.74. The Labute approximate surface area is 124 Å². The van der Waals surface area contributed by atoms with Gasteiger partial charge in [-0.25, -0.2) is 0 Å². The fourth-order valence-electron chi connectivity index (χ4n) is 2.53. The Kier molecular flexibility index (Phi) is 4.52. The van der Waals surface area contributed by atoms with Gasteiger partial charge in [-0.05, 0) is 25.0 Å². The summed E-state index contributed by atoms with van der Waals surface area (Å²) in [6.45, 7) is 2.31. The molecule has 5 nitrogen and oxygen atoms in total. The van der Waals surface area contributed by atoms with E-state index in [2.05, 4.69) is 10.5 Å². The molecule has 1 aromatic carbocycles.